The highest BCUT2D eigenvalue weighted by molar-refractivity contribution is 5.75. The third kappa shape index (κ3) is 7.30. The molecule has 29 heavy (non-hydrogen) atoms. The van der Waals surface area contributed by atoms with Crippen molar-refractivity contribution in [3.05, 3.63) is 23.8 Å². The Kier molecular flexibility index (Phi) is 8.87. The fourth-order valence-corrected chi connectivity index (χ4v) is 2.53. The van der Waals surface area contributed by atoms with Gasteiger partial charge in [0.1, 0.15) is 6.04 Å². The van der Waals surface area contributed by atoms with Gasteiger partial charge in [-0.3, -0.25) is 9.59 Å². The van der Waals surface area contributed by atoms with E-state index in [1.54, 1.807) is 6.92 Å². The Morgan fingerprint density at radius 1 is 1.03 bits per heavy atom. The highest BCUT2D eigenvalue weighted by atomic mass is 16.7. The summed E-state index contributed by atoms with van der Waals surface area (Å²) in [6.45, 7) is 2.81. The molecule has 1 aromatic rings. The summed E-state index contributed by atoms with van der Waals surface area (Å²) in [4.78, 5) is 45.5. The average Bonchev–Trinajstić information content (AvgIpc) is 2.65. The molecule has 0 aliphatic carbocycles. The number of hydrogen-bond acceptors (Lipinski definition) is 10. The molecule has 2 unspecified atom stereocenters. The first-order valence-electron chi connectivity index (χ1n) is 8.40. The van der Waals surface area contributed by atoms with Crippen LogP contribution in [0.15, 0.2) is 18.2 Å². The molecule has 0 fully saturated rings. The van der Waals surface area contributed by atoms with Crippen LogP contribution in [-0.2, 0) is 23.8 Å². The van der Waals surface area contributed by atoms with E-state index in [4.69, 9.17) is 19.9 Å². The number of hydrogen-bond donors (Lipinski definition) is 2. The highest BCUT2D eigenvalue weighted by Crippen LogP contribution is 2.35. The van der Waals surface area contributed by atoms with Crippen molar-refractivity contribution in [1.29, 1.82) is 0 Å². The molecule has 0 amide bonds. The number of carboxylic acid groups (broad SMARTS) is 1. The first-order chi connectivity index (χ1) is 13.6. The molecule has 0 spiro atoms. The molecule has 3 N–H and O–H groups in total. The van der Waals surface area contributed by atoms with Crippen molar-refractivity contribution >= 4 is 24.2 Å². The van der Waals surface area contributed by atoms with Crippen molar-refractivity contribution in [1.82, 2.24) is 0 Å². The molecule has 0 aliphatic rings. The Morgan fingerprint density at radius 2 is 1.59 bits per heavy atom. The Labute approximate surface area is 166 Å². The number of ether oxygens (including phenoxy) is 5. The van der Waals surface area contributed by atoms with E-state index in [0.717, 1.165) is 14.2 Å². The average molecular weight is 413 g/mol. The predicted octanol–water partition coefficient (Wildman–Crippen LogP) is 1.81. The second-order valence-corrected chi connectivity index (χ2v) is 5.94. The van der Waals surface area contributed by atoms with Gasteiger partial charge in [-0.1, -0.05) is 6.07 Å². The van der Waals surface area contributed by atoms with E-state index in [9.17, 15) is 24.3 Å². The number of carbonyl (C=O) groups excluding carboxylic acids is 3. The SMILES string of the molecule is COC(=O)Oc1ccc(C(CC(C)OC(C)=O)[C@H](N)C(=O)O)cc1OC(=O)OC. The van der Waals surface area contributed by atoms with E-state index in [0.29, 0.717) is 5.56 Å². The van der Waals surface area contributed by atoms with Crippen LogP contribution < -0.4 is 15.2 Å². The molecule has 11 nitrogen and oxygen atoms in total. The molecule has 0 radical (unpaired) electrons. The number of aliphatic carboxylic acids is 1. The standard InChI is InChI=1S/C18H23NO10/c1-9(27-10(2)20)7-12(15(19)16(21)22)11-5-6-13(28-17(23)25-3)14(8-11)29-18(24)26-4/h5-6,8-9,12,15H,7,19H2,1-4H3,(H,21,22)/t9?,12?,15-/m0/s1. The van der Waals surface area contributed by atoms with Gasteiger partial charge in [-0.15, -0.1) is 0 Å². The Bertz CT molecular complexity index is 763. The summed E-state index contributed by atoms with van der Waals surface area (Å²) in [6, 6.07) is 2.65. The lowest BCUT2D eigenvalue weighted by Gasteiger charge is -2.25. The van der Waals surface area contributed by atoms with Gasteiger partial charge < -0.3 is 34.5 Å². The number of esters is 1. The molecular formula is C18H23NO10. The van der Waals surface area contributed by atoms with E-state index in [2.05, 4.69) is 9.47 Å². The van der Waals surface area contributed by atoms with Crippen molar-refractivity contribution in [2.45, 2.75) is 38.3 Å². The van der Waals surface area contributed by atoms with Crippen molar-refractivity contribution < 1.29 is 48.0 Å². The van der Waals surface area contributed by atoms with Crippen molar-refractivity contribution in [2.24, 2.45) is 5.73 Å². The number of carboxylic acids is 1. The lowest BCUT2D eigenvalue weighted by molar-refractivity contribution is -0.146. The van der Waals surface area contributed by atoms with Gasteiger partial charge in [-0.05, 0) is 31.0 Å². The first kappa shape index (κ1) is 23.7. The molecule has 0 bridgehead atoms. The highest BCUT2D eigenvalue weighted by Gasteiger charge is 2.30. The third-order valence-electron chi connectivity index (χ3n) is 3.79. The van der Waals surface area contributed by atoms with Crippen LogP contribution in [0.5, 0.6) is 11.5 Å². The second kappa shape index (κ2) is 10.9. The van der Waals surface area contributed by atoms with Gasteiger partial charge in [0, 0.05) is 12.8 Å². The van der Waals surface area contributed by atoms with Crippen LogP contribution >= 0.6 is 0 Å². The van der Waals surface area contributed by atoms with Crippen LogP contribution in [0.3, 0.4) is 0 Å². The van der Waals surface area contributed by atoms with Gasteiger partial charge in [-0.2, -0.15) is 0 Å². The molecule has 1 aromatic carbocycles. The minimum absolute atomic E-state index is 0.0713. The zero-order valence-electron chi connectivity index (χ0n) is 16.4. The van der Waals surface area contributed by atoms with Crippen LogP contribution in [0.2, 0.25) is 0 Å². The molecule has 3 atom stereocenters. The fourth-order valence-electron chi connectivity index (χ4n) is 2.53. The van der Waals surface area contributed by atoms with E-state index in [1.807, 2.05) is 0 Å². The Hall–Kier alpha value is -3.34. The number of methoxy groups -OCH3 is 2. The fraction of sp³-hybridized carbons (Fsp3) is 0.444. The Balaban J connectivity index is 3.33. The molecule has 0 heterocycles. The molecule has 1 rings (SSSR count). The number of benzene rings is 1. The minimum Gasteiger partial charge on any atom is -0.480 e. The first-order valence-corrected chi connectivity index (χ1v) is 8.40. The maximum atomic E-state index is 11.5. The lowest BCUT2D eigenvalue weighted by atomic mass is 9.87. The smallest absolute Gasteiger partial charge is 0.480 e. The summed E-state index contributed by atoms with van der Waals surface area (Å²) in [5.74, 6) is -3.02. The maximum Gasteiger partial charge on any atom is 0.513 e. The zero-order chi connectivity index (χ0) is 22.1. The van der Waals surface area contributed by atoms with Gasteiger partial charge in [0.2, 0.25) is 0 Å². The number of rotatable bonds is 8. The minimum atomic E-state index is -1.36. The van der Waals surface area contributed by atoms with Crippen LogP contribution in [0.4, 0.5) is 9.59 Å². The van der Waals surface area contributed by atoms with Crippen LogP contribution in [0.25, 0.3) is 0 Å². The lowest BCUT2D eigenvalue weighted by Crippen LogP contribution is -2.38. The second-order valence-electron chi connectivity index (χ2n) is 5.94. The van der Waals surface area contributed by atoms with Crippen molar-refractivity contribution in [2.75, 3.05) is 14.2 Å². The topological polar surface area (TPSA) is 161 Å². The summed E-state index contributed by atoms with van der Waals surface area (Å²) < 4.78 is 23.8. The molecule has 0 aromatic heterocycles. The van der Waals surface area contributed by atoms with E-state index in [-0.39, 0.29) is 17.9 Å². The van der Waals surface area contributed by atoms with Crippen LogP contribution in [0.1, 0.15) is 31.7 Å². The van der Waals surface area contributed by atoms with Crippen molar-refractivity contribution in [3.63, 3.8) is 0 Å². The maximum absolute atomic E-state index is 11.5. The van der Waals surface area contributed by atoms with E-state index in [1.165, 1.54) is 25.1 Å². The summed E-state index contributed by atoms with van der Waals surface area (Å²) in [7, 11) is 2.17. The number of carbonyl (C=O) groups is 4. The van der Waals surface area contributed by atoms with Gasteiger partial charge in [-0.25, -0.2) is 9.59 Å². The van der Waals surface area contributed by atoms with E-state index >= 15 is 0 Å². The molecule has 160 valence electrons. The monoisotopic (exact) mass is 413 g/mol. The zero-order valence-corrected chi connectivity index (χ0v) is 16.4. The summed E-state index contributed by atoms with van der Waals surface area (Å²) >= 11 is 0. The Morgan fingerprint density at radius 3 is 2.07 bits per heavy atom. The largest absolute Gasteiger partial charge is 0.513 e. The molecule has 11 heteroatoms. The van der Waals surface area contributed by atoms with Gasteiger partial charge >= 0.3 is 24.2 Å². The summed E-state index contributed by atoms with van der Waals surface area (Å²) in [5.41, 5.74) is 6.15. The van der Waals surface area contributed by atoms with Gasteiger partial charge in [0.05, 0.1) is 20.3 Å². The molecule has 0 saturated carbocycles. The molecular weight excluding hydrogens is 390 g/mol. The molecule has 0 saturated heterocycles. The normalized spacial score (nSPS) is 13.4. The van der Waals surface area contributed by atoms with Crippen molar-refractivity contribution in [3.8, 4) is 11.5 Å². The quantitative estimate of drug-likeness (QED) is 0.363. The summed E-state index contributed by atoms with van der Waals surface area (Å²) in [5, 5.41) is 9.34. The van der Waals surface area contributed by atoms with Crippen LogP contribution in [-0.4, -0.2) is 55.7 Å². The van der Waals surface area contributed by atoms with Gasteiger partial charge in [0.25, 0.3) is 0 Å². The van der Waals surface area contributed by atoms with Crippen LogP contribution in [0, 0.1) is 0 Å². The van der Waals surface area contributed by atoms with Gasteiger partial charge in [0.15, 0.2) is 11.5 Å². The number of nitrogens with two attached hydrogens (primary N) is 1. The van der Waals surface area contributed by atoms with E-state index < -0.39 is 42.3 Å². The molecule has 0 aliphatic heterocycles. The third-order valence-corrected chi connectivity index (χ3v) is 3.79. The predicted molar refractivity (Wildman–Crippen MR) is 96.7 cm³/mol. The summed E-state index contributed by atoms with van der Waals surface area (Å²) in [6.07, 6.45) is -2.72.